The zero-order valence-electron chi connectivity index (χ0n) is 11.2. The quantitative estimate of drug-likeness (QED) is 0.667. The highest BCUT2D eigenvalue weighted by atomic mass is 19.4. The van der Waals surface area contributed by atoms with Crippen LogP contribution in [0.15, 0.2) is 29.4 Å². The maximum atomic E-state index is 13.0. The number of rotatable bonds is 2. The molecule has 0 radical (unpaired) electrons. The number of nitrogens with zero attached hydrogens (tertiary/aromatic N) is 3. The van der Waals surface area contributed by atoms with E-state index >= 15 is 0 Å². The molecule has 0 saturated heterocycles. The molecular formula is C12H10F3N3O4. The topological polar surface area (TPSA) is 96.0 Å². The second-order valence-corrected chi connectivity index (χ2v) is 4.75. The number of non-ortho nitro benzene ring substituents is 1. The summed E-state index contributed by atoms with van der Waals surface area (Å²) in [5.41, 5.74) is -4.38. The number of hydrazone groups is 1. The summed E-state index contributed by atoms with van der Waals surface area (Å²) in [6.45, 7) is 1.23. The fourth-order valence-electron chi connectivity index (χ4n) is 2.03. The van der Waals surface area contributed by atoms with E-state index in [2.05, 4.69) is 5.10 Å². The number of carbonyl (C=O) groups is 1. The van der Waals surface area contributed by atoms with Crippen molar-refractivity contribution in [1.29, 1.82) is 0 Å². The Morgan fingerprint density at radius 3 is 2.68 bits per heavy atom. The van der Waals surface area contributed by atoms with E-state index < -0.39 is 34.8 Å². The summed E-state index contributed by atoms with van der Waals surface area (Å²) in [6, 6.07) is 4.17. The molecule has 0 unspecified atom stereocenters. The lowest BCUT2D eigenvalue weighted by molar-refractivity contribution is -0.384. The van der Waals surface area contributed by atoms with Crippen molar-refractivity contribution in [3.8, 4) is 0 Å². The number of alkyl halides is 3. The third kappa shape index (κ3) is 2.52. The number of aliphatic hydroxyl groups is 1. The molecule has 1 aromatic carbocycles. The molecule has 118 valence electrons. The highest BCUT2D eigenvalue weighted by Gasteiger charge is 2.62. The van der Waals surface area contributed by atoms with Gasteiger partial charge < -0.3 is 5.11 Å². The van der Waals surface area contributed by atoms with Crippen LogP contribution in [0.25, 0.3) is 0 Å². The summed E-state index contributed by atoms with van der Waals surface area (Å²) in [5.74, 6) is -1.28. The fraction of sp³-hybridized carbons (Fsp3) is 0.333. The van der Waals surface area contributed by atoms with Gasteiger partial charge in [-0.15, -0.1) is 0 Å². The summed E-state index contributed by atoms with van der Waals surface area (Å²) < 4.78 is 39.1. The van der Waals surface area contributed by atoms with Crippen LogP contribution in [-0.4, -0.2) is 38.6 Å². The van der Waals surface area contributed by atoms with Crippen molar-refractivity contribution in [3.63, 3.8) is 0 Å². The minimum Gasteiger partial charge on any atom is -0.362 e. The molecule has 0 spiro atoms. The van der Waals surface area contributed by atoms with E-state index in [0.29, 0.717) is 0 Å². The molecule has 1 heterocycles. The van der Waals surface area contributed by atoms with Crippen LogP contribution in [0.2, 0.25) is 0 Å². The Labute approximate surface area is 121 Å². The van der Waals surface area contributed by atoms with Gasteiger partial charge in [-0.25, -0.2) is 0 Å². The maximum absolute atomic E-state index is 13.0. The Kier molecular flexibility index (Phi) is 3.65. The van der Waals surface area contributed by atoms with E-state index in [9.17, 15) is 33.2 Å². The van der Waals surface area contributed by atoms with Gasteiger partial charge in [-0.2, -0.15) is 23.3 Å². The number of carbonyl (C=O) groups excluding carboxylic acids is 1. The second kappa shape index (κ2) is 5.05. The number of amides is 1. The molecule has 0 aliphatic carbocycles. The van der Waals surface area contributed by atoms with Gasteiger partial charge in [-0.3, -0.25) is 14.9 Å². The molecule has 7 nitrogen and oxygen atoms in total. The number of benzene rings is 1. The largest absolute Gasteiger partial charge is 0.438 e. The summed E-state index contributed by atoms with van der Waals surface area (Å²) in [4.78, 5) is 22.0. The van der Waals surface area contributed by atoms with Crippen LogP contribution in [0, 0.1) is 10.1 Å². The Morgan fingerprint density at radius 2 is 2.14 bits per heavy atom. The predicted octanol–water partition coefficient (Wildman–Crippen LogP) is 2.07. The fourth-order valence-corrected chi connectivity index (χ4v) is 2.03. The van der Waals surface area contributed by atoms with Crippen molar-refractivity contribution in [3.05, 3.63) is 39.9 Å². The van der Waals surface area contributed by atoms with Gasteiger partial charge in [-0.05, 0) is 13.0 Å². The Morgan fingerprint density at radius 1 is 1.50 bits per heavy atom. The molecule has 1 amide bonds. The molecular weight excluding hydrogens is 307 g/mol. The van der Waals surface area contributed by atoms with E-state index in [1.807, 2.05) is 0 Å². The van der Waals surface area contributed by atoms with Gasteiger partial charge in [0.2, 0.25) is 0 Å². The van der Waals surface area contributed by atoms with E-state index in [0.717, 1.165) is 24.3 Å². The lowest BCUT2D eigenvalue weighted by atomic mass is 10.1. The SMILES string of the molecule is CC1=NN(C(=O)c2cccc([N+](=O)[O-])c2)[C@@](O)(C(F)(F)F)C1. The lowest BCUT2D eigenvalue weighted by Gasteiger charge is -2.32. The summed E-state index contributed by atoms with van der Waals surface area (Å²) in [6.07, 6.45) is -6.00. The highest BCUT2D eigenvalue weighted by molar-refractivity contribution is 5.98. The first-order valence-electron chi connectivity index (χ1n) is 5.98. The predicted molar refractivity (Wildman–Crippen MR) is 68.0 cm³/mol. The monoisotopic (exact) mass is 317 g/mol. The average Bonchev–Trinajstić information content (AvgIpc) is 2.74. The van der Waals surface area contributed by atoms with Gasteiger partial charge in [0, 0.05) is 29.8 Å². The van der Waals surface area contributed by atoms with Gasteiger partial charge in [0.05, 0.1) is 4.92 Å². The van der Waals surface area contributed by atoms with Crippen LogP contribution in [0.4, 0.5) is 18.9 Å². The summed E-state index contributed by atoms with van der Waals surface area (Å²) in [7, 11) is 0. The number of halogens is 3. The van der Waals surface area contributed by atoms with Gasteiger partial charge in [0.15, 0.2) is 0 Å². The molecule has 1 aliphatic rings. The first-order chi connectivity index (χ1) is 10.1. The molecule has 0 saturated carbocycles. The van der Waals surface area contributed by atoms with Crippen molar-refractivity contribution in [1.82, 2.24) is 5.01 Å². The van der Waals surface area contributed by atoms with Crippen molar-refractivity contribution in [2.24, 2.45) is 5.10 Å². The normalized spacial score (nSPS) is 21.7. The molecule has 22 heavy (non-hydrogen) atoms. The molecule has 0 fully saturated rings. The van der Waals surface area contributed by atoms with Gasteiger partial charge in [0.25, 0.3) is 17.3 Å². The zero-order valence-corrected chi connectivity index (χ0v) is 11.2. The Hall–Kier alpha value is -2.49. The minimum atomic E-state index is -5.12. The zero-order chi connectivity index (χ0) is 16.7. The molecule has 0 aromatic heterocycles. The Balaban J connectivity index is 2.43. The molecule has 1 N–H and O–H groups in total. The molecule has 1 atom stereocenters. The van der Waals surface area contributed by atoms with Crippen molar-refractivity contribution in [2.45, 2.75) is 25.2 Å². The average molecular weight is 317 g/mol. The van der Waals surface area contributed by atoms with E-state index in [-0.39, 0.29) is 16.3 Å². The molecule has 10 heteroatoms. The summed E-state index contributed by atoms with van der Waals surface area (Å²) >= 11 is 0. The molecule has 1 aliphatic heterocycles. The summed E-state index contributed by atoms with van der Waals surface area (Å²) in [5, 5.41) is 23.8. The minimum absolute atomic E-state index is 0.0820. The highest BCUT2D eigenvalue weighted by Crippen LogP contribution is 2.40. The smallest absolute Gasteiger partial charge is 0.362 e. The number of hydrogen-bond acceptors (Lipinski definition) is 5. The van der Waals surface area contributed by atoms with E-state index in [1.165, 1.54) is 6.92 Å². The maximum Gasteiger partial charge on any atom is 0.438 e. The van der Waals surface area contributed by atoms with Crippen LogP contribution in [-0.2, 0) is 0 Å². The van der Waals surface area contributed by atoms with Crippen LogP contribution < -0.4 is 0 Å². The first-order valence-corrected chi connectivity index (χ1v) is 5.98. The number of nitro groups is 1. The van der Waals surface area contributed by atoms with Crippen LogP contribution in [0.3, 0.4) is 0 Å². The third-order valence-corrected chi connectivity index (χ3v) is 3.07. The van der Waals surface area contributed by atoms with Crippen molar-refractivity contribution >= 4 is 17.3 Å². The van der Waals surface area contributed by atoms with Crippen molar-refractivity contribution in [2.75, 3.05) is 0 Å². The number of hydrogen-bond donors (Lipinski definition) is 1. The second-order valence-electron chi connectivity index (χ2n) is 4.75. The molecule has 0 bridgehead atoms. The Bertz CT molecular complexity index is 674. The molecule has 2 rings (SSSR count). The van der Waals surface area contributed by atoms with Gasteiger partial charge in [0.1, 0.15) is 0 Å². The lowest BCUT2D eigenvalue weighted by Crippen LogP contribution is -2.56. The van der Waals surface area contributed by atoms with Crippen LogP contribution in [0.1, 0.15) is 23.7 Å². The van der Waals surface area contributed by atoms with Crippen molar-refractivity contribution < 1.29 is 28.0 Å². The third-order valence-electron chi connectivity index (χ3n) is 3.07. The van der Waals surface area contributed by atoms with Gasteiger partial charge in [-0.1, -0.05) is 6.07 Å². The standard InChI is InChI=1S/C12H10F3N3O4/c1-7-6-11(20,12(13,14)15)17(16-7)10(19)8-3-2-4-9(5-8)18(21)22/h2-5,20H,6H2,1H3/t11-/m0/s1. The first kappa shape index (κ1) is 15.9. The van der Waals surface area contributed by atoms with Gasteiger partial charge >= 0.3 is 6.18 Å². The van der Waals surface area contributed by atoms with E-state index in [4.69, 9.17) is 0 Å². The molecule has 1 aromatic rings. The van der Waals surface area contributed by atoms with Crippen LogP contribution >= 0.6 is 0 Å². The van der Waals surface area contributed by atoms with E-state index in [1.54, 1.807) is 0 Å². The van der Waals surface area contributed by atoms with Crippen LogP contribution in [0.5, 0.6) is 0 Å². The number of nitro benzene ring substituents is 1.